The molecule has 22 heavy (non-hydrogen) atoms. The summed E-state index contributed by atoms with van der Waals surface area (Å²) in [5.41, 5.74) is 6.36. The molecule has 1 aromatic heterocycles. The molecule has 0 saturated carbocycles. The summed E-state index contributed by atoms with van der Waals surface area (Å²) < 4.78 is 0. The molecule has 4 nitrogen and oxygen atoms in total. The van der Waals surface area contributed by atoms with Crippen LogP contribution in [0, 0.1) is 5.92 Å². The van der Waals surface area contributed by atoms with E-state index in [4.69, 9.17) is 0 Å². The number of hydrazine groups is 1. The molecule has 0 bridgehead atoms. The van der Waals surface area contributed by atoms with Crippen molar-refractivity contribution in [3.05, 3.63) is 21.4 Å². The third kappa shape index (κ3) is 5.13. The molecular formula is C17H26N2O2S. The fraction of sp³-hybridized carbons (Fsp3) is 0.647. The van der Waals surface area contributed by atoms with E-state index in [1.807, 2.05) is 6.07 Å². The Morgan fingerprint density at radius 3 is 2.59 bits per heavy atom. The number of nitrogens with one attached hydrogen (secondary N) is 2. The van der Waals surface area contributed by atoms with Crippen LogP contribution in [-0.4, -0.2) is 11.8 Å². The van der Waals surface area contributed by atoms with Crippen LogP contribution in [0.5, 0.6) is 0 Å². The van der Waals surface area contributed by atoms with Gasteiger partial charge in [-0.3, -0.25) is 20.4 Å². The summed E-state index contributed by atoms with van der Waals surface area (Å²) in [7, 11) is 0. The molecule has 1 aliphatic carbocycles. The van der Waals surface area contributed by atoms with Crippen molar-refractivity contribution in [3.63, 3.8) is 0 Å². The van der Waals surface area contributed by atoms with Crippen molar-refractivity contribution >= 4 is 23.2 Å². The largest absolute Gasteiger partial charge is 0.279 e. The maximum Gasteiger partial charge on any atom is 0.279 e. The molecule has 0 aliphatic heterocycles. The summed E-state index contributed by atoms with van der Waals surface area (Å²) in [5.74, 6) is 0.157. The number of amides is 2. The zero-order chi connectivity index (χ0) is 15.9. The lowest BCUT2D eigenvalue weighted by Crippen LogP contribution is -2.41. The number of carbonyl (C=O) groups excluding carboxylic acids is 2. The molecule has 2 rings (SSSR count). The van der Waals surface area contributed by atoms with E-state index in [1.54, 1.807) is 11.3 Å². The molecule has 1 aliphatic rings. The van der Waals surface area contributed by atoms with Crippen LogP contribution in [-0.2, 0) is 17.6 Å². The van der Waals surface area contributed by atoms with E-state index in [1.165, 1.54) is 36.1 Å². The van der Waals surface area contributed by atoms with Crippen LogP contribution in [0.25, 0.3) is 0 Å². The van der Waals surface area contributed by atoms with Crippen molar-refractivity contribution in [3.8, 4) is 0 Å². The Morgan fingerprint density at radius 2 is 1.86 bits per heavy atom. The summed E-state index contributed by atoms with van der Waals surface area (Å²) >= 11 is 1.57. The van der Waals surface area contributed by atoms with Crippen molar-refractivity contribution < 1.29 is 9.59 Å². The number of fused-ring (bicyclic) bond motifs is 1. The second kappa shape index (κ2) is 8.32. The van der Waals surface area contributed by atoms with Gasteiger partial charge in [-0.05, 0) is 49.7 Å². The highest BCUT2D eigenvalue weighted by Crippen LogP contribution is 2.28. The third-order valence-corrected chi connectivity index (χ3v) is 5.22. The standard InChI is InChI=1S/C17H26N2O2S/c1-12(2)9-10-16(20)18-19-17(21)15-11-13-7-5-3-4-6-8-14(13)22-15/h11-12H,3-10H2,1-2H3,(H,18,20)(H,19,21). The summed E-state index contributed by atoms with van der Waals surface area (Å²) in [4.78, 5) is 25.9. The van der Waals surface area contributed by atoms with E-state index >= 15 is 0 Å². The van der Waals surface area contributed by atoms with Crippen LogP contribution >= 0.6 is 11.3 Å². The van der Waals surface area contributed by atoms with Gasteiger partial charge in [0.1, 0.15) is 0 Å². The first-order chi connectivity index (χ1) is 10.6. The molecule has 1 heterocycles. The van der Waals surface area contributed by atoms with Gasteiger partial charge in [0.2, 0.25) is 5.91 Å². The second-order valence-corrected chi connectivity index (χ2v) is 7.54. The highest BCUT2D eigenvalue weighted by atomic mass is 32.1. The Bertz CT molecular complexity index is 497. The lowest BCUT2D eigenvalue weighted by atomic mass is 10.00. The average Bonchev–Trinajstić information content (AvgIpc) is 2.85. The van der Waals surface area contributed by atoms with Gasteiger partial charge in [0.15, 0.2) is 0 Å². The fourth-order valence-corrected chi connectivity index (χ4v) is 3.78. The van der Waals surface area contributed by atoms with E-state index in [0.717, 1.165) is 19.3 Å². The molecular weight excluding hydrogens is 296 g/mol. The zero-order valence-corrected chi connectivity index (χ0v) is 14.4. The quantitative estimate of drug-likeness (QED) is 0.832. The average molecular weight is 322 g/mol. The first-order valence-corrected chi connectivity index (χ1v) is 9.08. The Labute approximate surface area is 136 Å². The summed E-state index contributed by atoms with van der Waals surface area (Å²) in [6.07, 6.45) is 8.40. The van der Waals surface area contributed by atoms with Gasteiger partial charge in [0.25, 0.3) is 5.91 Å². The molecule has 0 saturated heterocycles. The van der Waals surface area contributed by atoms with Crippen molar-refractivity contribution in [2.24, 2.45) is 5.92 Å². The first-order valence-electron chi connectivity index (χ1n) is 8.27. The summed E-state index contributed by atoms with van der Waals surface area (Å²) in [5, 5.41) is 0. The van der Waals surface area contributed by atoms with Gasteiger partial charge in [0.05, 0.1) is 4.88 Å². The molecule has 0 unspecified atom stereocenters. The van der Waals surface area contributed by atoms with Gasteiger partial charge >= 0.3 is 0 Å². The van der Waals surface area contributed by atoms with Gasteiger partial charge in [0, 0.05) is 11.3 Å². The normalized spacial score (nSPS) is 14.9. The minimum atomic E-state index is -0.199. The maximum absolute atomic E-state index is 12.2. The summed E-state index contributed by atoms with van der Waals surface area (Å²) in [6.45, 7) is 4.15. The van der Waals surface area contributed by atoms with Gasteiger partial charge in [-0.1, -0.05) is 26.7 Å². The van der Waals surface area contributed by atoms with Crippen LogP contribution < -0.4 is 10.9 Å². The Hall–Kier alpha value is -1.36. The number of carbonyl (C=O) groups is 2. The van der Waals surface area contributed by atoms with Gasteiger partial charge in [-0.25, -0.2) is 0 Å². The number of aryl methyl sites for hydroxylation is 2. The van der Waals surface area contributed by atoms with Gasteiger partial charge < -0.3 is 0 Å². The van der Waals surface area contributed by atoms with Crippen LogP contribution in [0.4, 0.5) is 0 Å². The van der Waals surface area contributed by atoms with Gasteiger partial charge in [-0.2, -0.15) is 0 Å². The third-order valence-electron chi connectivity index (χ3n) is 3.98. The number of thiophene rings is 1. The van der Waals surface area contributed by atoms with Crippen LogP contribution in [0.3, 0.4) is 0 Å². The van der Waals surface area contributed by atoms with E-state index < -0.39 is 0 Å². The minimum Gasteiger partial charge on any atom is -0.273 e. The van der Waals surface area contributed by atoms with Crippen molar-refractivity contribution in [2.45, 2.75) is 65.2 Å². The zero-order valence-electron chi connectivity index (χ0n) is 13.5. The highest BCUT2D eigenvalue weighted by Gasteiger charge is 2.16. The molecule has 0 aromatic carbocycles. The highest BCUT2D eigenvalue weighted by molar-refractivity contribution is 7.14. The number of hydrogen-bond acceptors (Lipinski definition) is 3. The maximum atomic E-state index is 12.2. The van der Waals surface area contributed by atoms with Crippen LogP contribution in [0.15, 0.2) is 6.07 Å². The predicted molar refractivity (Wildman–Crippen MR) is 89.9 cm³/mol. The molecule has 0 fully saturated rings. The number of rotatable bonds is 4. The van der Waals surface area contributed by atoms with Crippen LogP contribution in [0.2, 0.25) is 0 Å². The van der Waals surface area contributed by atoms with Crippen molar-refractivity contribution in [1.29, 1.82) is 0 Å². The fourth-order valence-electron chi connectivity index (χ4n) is 2.63. The van der Waals surface area contributed by atoms with E-state index in [9.17, 15) is 9.59 Å². The second-order valence-electron chi connectivity index (χ2n) is 6.41. The lowest BCUT2D eigenvalue weighted by molar-refractivity contribution is -0.122. The summed E-state index contributed by atoms with van der Waals surface area (Å²) in [6, 6.07) is 2.00. The van der Waals surface area contributed by atoms with Crippen molar-refractivity contribution in [2.75, 3.05) is 0 Å². The van der Waals surface area contributed by atoms with Crippen molar-refractivity contribution in [1.82, 2.24) is 10.9 Å². The minimum absolute atomic E-state index is 0.128. The Balaban J connectivity index is 1.87. The SMILES string of the molecule is CC(C)CCC(=O)NNC(=O)c1cc2c(s1)CCCCCC2. The first kappa shape index (κ1) is 17.0. The molecule has 0 radical (unpaired) electrons. The van der Waals surface area contributed by atoms with Gasteiger partial charge in [-0.15, -0.1) is 11.3 Å². The molecule has 2 N–H and O–H groups in total. The monoisotopic (exact) mass is 322 g/mol. The van der Waals surface area contributed by atoms with E-state index in [0.29, 0.717) is 17.2 Å². The number of hydrogen-bond donors (Lipinski definition) is 2. The molecule has 0 spiro atoms. The van der Waals surface area contributed by atoms with E-state index in [-0.39, 0.29) is 11.8 Å². The lowest BCUT2D eigenvalue weighted by Gasteiger charge is -2.07. The molecule has 2 amide bonds. The predicted octanol–water partition coefficient (Wildman–Crippen LogP) is 3.60. The van der Waals surface area contributed by atoms with E-state index in [2.05, 4.69) is 24.7 Å². The smallest absolute Gasteiger partial charge is 0.273 e. The molecule has 5 heteroatoms. The molecule has 122 valence electrons. The molecule has 1 aromatic rings. The van der Waals surface area contributed by atoms with Crippen LogP contribution in [0.1, 0.15) is 72.5 Å². The Kier molecular flexibility index (Phi) is 6.43. The topological polar surface area (TPSA) is 58.2 Å². The Morgan fingerprint density at radius 1 is 1.14 bits per heavy atom. The molecule has 0 atom stereocenters.